The number of carboxylic acid groups (broad SMARTS) is 2. The molecule has 0 radical (unpaired) electrons. The molecule has 11 N–H and O–H groups in total. The van der Waals surface area contributed by atoms with E-state index < -0.39 is 60.2 Å². The number of rotatable bonds is 18. The summed E-state index contributed by atoms with van der Waals surface area (Å²) in [5, 5.41) is 26.1. The molecule has 3 amide bonds. The number of aliphatic carboxylic acids is 2. The Labute approximate surface area is 233 Å². The molecule has 40 heavy (non-hydrogen) atoms. The molecule has 14 heteroatoms. The topological polar surface area (TPSA) is 252 Å². The Hall–Kier alpha value is -4.20. The number of carbonyl (C=O) groups is 5. The lowest BCUT2D eigenvalue weighted by Gasteiger charge is -2.25. The second-order valence-corrected chi connectivity index (χ2v) is 9.83. The minimum absolute atomic E-state index is 0.0160. The molecule has 0 saturated heterocycles. The zero-order valence-corrected chi connectivity index (χ0v) is 22.8. The van der Waals surface area contributed by atoms with Gasteiger partial charge in [0.25, 0.3) is 0 Å². The van der Waals surface area contributed by atoms with Crippen LogP contribution < -0.4 is 33.2 Å². The first-order valence-corrected chi connectivity index (χ1v) is 13.0. The van der Waals surface area contributed by atoms with E-state index >= 15 is 0 Å². The molecule has 0 aromatic heterocycles. The average molecular weight is 564 g/mol. The molecule has 0 heterocycles. The van der Waals surface area contributed by atoms with E-state index in [0.717, 1.165) is 5.56 Å². The van der Waals surface area contributed by atoms with Crippen LogP contribution in [0.2, 0.25) is 0 Å². The van der Waals surface area contributed by atoms with Gasteiger partial charge in [-0.1, -0.05) is 44.2 Å². The van der Waals surface area contributed by atoms with Gasteiger partial charge in [-0.05, 0) is 37.2 Å². The Morgan fingerprint density at radius 3 is 1.98 bits per heavy atom. The minimum Gasteiger partial charge on any atom is -0.481 e. The van der Waals surface area contributed by atoms with Crippen molar-refractivity contribution in [2.75, 3.05) is 6.54 Å². The minimum atomic E-state index is -1.39. The highest BCUT2D eigenvalue weighted by atomic mass is 16.4. The number of amides is 3. The third kappa shape index (κ3) is 13.6. The van der Waals surface area contributed by atoms with Crippen LogP contribution in [0, 0.1) is 5.92 Å². The zero-order valence-electron chi connectivity index (χ0n) is 22.8. The largest absolute Gasteiger partial charge is 0.481 e. The van der Waals surface area contributed by atoms with E-state index in [1.165, 1.54) is 0 Å². The van der Waals surface area contributed by atoms with Crippen LogP contribution in [0.3, 0.4) is 0 Å². The number of hydrogen-bond acceptors (Lipinski definition) is 7. The van der Waals surface area contributed by atoms with Gasteiger partial charge in [0.15, 0.2) is 5.96 Å². The van der Waals surface area contributed by atoms with Crippen molar-refractivity contribution in [2.45, 2.75) is 76.5 Å². The summed E-state index contributed by atoms with van der Waals surface area (Å²) in [7, 11) is 0. The monoisotopic (exact) mass is 563 g/mol. The summed E-state index contributed by atoms with van der Waals surface area (Å²) in [4.78, 5) is 65.8. The maximum absolute atomic E-state index is 13.3. The first-order valence-electron chi connectivity index (χ1n) is 13.0. The number of guanidine groups is 1. The summed E-state index contributed by atoms with van der Waals surface area (Å²) >= 11 is 0. The number of benzene rings is 1. The number of carbonyl (C=O) groups excluding carboxylic acids is 3. The Balaban J connectivity index is 3.09. The second kappa shape index (κ2) is 17.4. The summed E-state index contributed by atoms with van der Waals surface area (Å²) in [5.74, 6) is -4.75. The third-order valence-corrected chi connectivity index (χ3v) is 5.82. The number of nitrogens with two attached hydrogens (primary N) is 3. The molecule has 1 aromatic carbocycles. The first-order chi connectivity index (χ1) is 18.8. The lowest BCUT2D eigenvalue weighted by atomic mass is 10.0. The van der Waals surface area contributed by atoms with E-state index in [9.17, 15) is 29.1 Å². The highest BCUT2D eigenvalue weighted by molar-refractivity contribution is 5.94. The van der Waals surface area contributed by atoms with E-state index in [-0.39, 0.29) is 44.1 Å². The Bertz CT molecular complexity index is 1030. The Morgan fingerprint density at radius 2 is 1.43 bits per heavy atom. The smallest absolute Gasteiger partial charge is 0.326 e. The standard InChI is InChI=1S/C26H41N7O7/c1-15(2)13-17(27)22(36)33-20(14-16-7-4-3-5-8-16)24(38)31-18(10-11-21(34)35)23(37)32-19(25(39)40)9-6-12-30-26(28)29/h3-5,7-8,15,17-20H,6,9-14,27H2,1-2H3,(H,31,38)(H,32,37)(H,33,36)(H,34,35)(H,39,40)(H4,28,29,30). The van der Waals surface area contributed by atoms with E-state index in [0.29, 0.717) is 6.42 Å². The molecule has 4 unspecified atom stereocenters. The van der Waals surface area contributed by atoms with Crippen molar-refractivity contribution in [1.82, 2.24) is 16.0 Å². The molecule has 1 rings (SSSR count). The molecule has 14 nitrogen and oxygen atoms in total. The van der Waals surface area contributed by atoms with Gasteiger partial charge in [0, 0.05) is 19.4 Å². The molecule has 0 saturated carbocycles. The maximum Gasteiger partial charge on any atom is 0.326 e. The second-order valence-electron chi connectivity index (χ2n) is 9.83. The van der Waals surface area contributed by atoms with E-state index in [1.54, 1.807) is 30.3 Å². The first kappa shape index (κ1) is 33.8. The summed E-state index contributed by atoms with van der Waals surface area (Å²) in [5.41, 5.74) is 17.2. The molecular weight excluding hydrogens is 522 g/mol. The van der Waals surface area contributed by atoms with Crippen LogP contribution >= 0.6 is 0 Å². The van der Waals surface area contributed by atoms with Crippen LogP contribution in [0.5, 0.6) is 0 Å². The summed E-state index contributed by atoms with van der Waals surface area (Å²) < 4.78 is 0. The van der Waals surface area contributed by atoms with E-state index in [1.807, 2.05) is 13.8 Å². The van der Waals surface area contributed by atoms with Gasteiger partial charge in [0.2, 0.25) is 17.7 Å². The van der Waals surface area contributed by atoms with E-state index in [4.69, 9.17) is 22.3 Å². The van der Waals surface area contributed by atoms with Gasteiger partial charge in [-0.3, -0.25) is 24.2 Å². The lowest BCUT2D eigenvalue weighted by molar-refractivity contribution is -0.143. The molecule has 0 bridgehead atoms. The number of nitrogens with zero attached hydrogens (tertiary/aromatic N) is 1. The van der Waals surface area contributed by atoms with Gasteiger partial charge in [-0.15, -0.1) is 0 Å². The molecule has 0 spiro atoms. The molecule has 0 aliphatic rings. The molecule has 0 aliphatic carbocycles. The zero-order chi connectivity index (χ0) is 30.2. The quantitative estimate of drug-likeness (QED) is 0.0618. The van der Waals surface area contributed by atoms with Crippen LogP contribution in [0.25, 0.3) is 0 Å². The highest BCUT2D eigenvalue weighted by Crippen LogP contribution is 2.09. The van der Waals surface area contributed by atoms with Crippen LogP contribution in [-0.4, -0.2) is 76.5 Å². The fourth-order valence-electron chi connectivity index (χ4n) is 3.79. The van der Waals surface area contributed by atoms with Crippen LogP contribution in [0.15, 0.2) is 35.3 Å². The normalized spacial score (nSPS) is 13.8. The van der Waals surface area contributed by atoms with Crippen LogP contribution in [0.4, 0.5) is 0 Å². The Morgan fingerprint density at radius 1 is 0.850 bits per heavy atom. The SMILES string of the molecule is CC(C)CC(N)C(=O)NC(Cc1ccccc1)C(=O)NC(CCC(=O)O)C(=O)NC(CCCN=C(N)N)C(=O)O. The number of hydrogen-bond donors (Lipinski definition) is 8. The summed E-state index contributed by atoms with van der Waals surface area (Å²) in [6.07, 6.45) is -0.111. The van der Waals surface area contributed by atoms with Crippen LogP contribution in [0.1, 0.15) is 51.5 Å². The Kier molecular flexibility index (Phi) is 14.7. The van der Waals surface area contributed by atoms with Crippen molar-refractivity contribution >= 4 is 35.6 Å². The number of nitrogens with one attached hydrogen (secondary N) is 3. The molecule has 4 atom stereocenters. The van der Waals surface area contributed by atoms with Gasteiger partial charge in [0.1, 0.15) is 18.1 Å². The molecular formula is C26H41N7O7. The number of carboxylic acids is 2. The van der Waals surface area contributed by atoms with Gasteiger partial charge in [-0.2, -0.15) is 0 Å². The van der Waals surface area contributed by atoms with Crippen molar-refractivity contribution < 1.29 is 34.2 Å². The van der Waals surface area contributed by atoms with Crippen molar-refractivity contribution in [3.63, 3.8) is 0 Å². The number of aliphatic imine (C=N–C) groups is 1. The van der Waals surface area contributed by atoms with Crippen LogP contribution in [-0.2, 0) is 30.4 Å². The van der Waals surface area contributed by atoms with Crippen molar-refractivity contribution in [2.24, 2.45) is 28.1 Å². The predicted octanol–water partition coefficient (Wildman–Crippen LogP) is -0.940. The summed E-state index contributed by atoms with van der Waals surface area (Å²) in [6.45, 7) is 3.94. The van der Waals surface area contributed by atoms with Gasteiger partial charge >= 0.3 is 11.9 Å². The fourth-order valence-corrected chi connectivity index (χ4v) is 3.79. The van der Waals surface area contributed by atoms with Gasteiger partial charge < -0.3 is 43.4 Å². The molecule has 222 valence electrons. The van der Waals surface area contributed by atoms with Crippen molar-refractivity contribution in [3.05, 3.63) is 35.9 Å². The lowest BCUT2D eigenvalue weighted by Crippen LogP contribution is -2.57. The third-order valence-electron chi connectivity index (χ3n) is 5.82. The molecule has 1 aromatic rings. The predicted molar refractivity (Wildman–Crippen MR) is 148 cm³/mol. The average Bonchev–Trinajstić information content (AvgIpc) is 2.87. The van der Waals surface area contributed by atoms with E-state index in [2.05, 4.69) is 20.9 Å². The molecule has 0 fully saturated rings. The highest BCUT2D eigenvalue weighted by Gasteiger charge is 2.31. The van der Waals surface area contributed by atoms with Crippen molar-refractivity contribution in [3.8, 4) is 0 Å². The fraction of sp³-hybridized carbons (Fsp3) is 0.538. The summed E-state index contributed by atoms with van der Waals surface area (Å²) in [6, 6.07) is 4.11. The molecule has 0 aliphatic heterocycles. The van der Waals surface area contributed by atoms with Gasteiger partial charge in [-0.25, -0.2) is 4.79 Å². The maximum atomic E-state index is 13.3. The van der Waals surface area contributed by atoms with Crippen molar-refractivity contribution in [1.29, 1.82) is 0 Å². The van der Waals surface area contributed by atoms with Gasteiger partial charge in [0.05, 0.1) is 6.04 Å².